The van der Waals surface area contributed by atoms with Crippen molar-refractivity contribution in [2.24, 2.45) is 0 Å². The lowest BCUT2D eigenvalue weighted by molar-refractivity contribution is 0.172. The highest BCUT2D eigenvalue weighted by molar-refractivity contribution is 5.48. The van der Waals surface area contributed by atoms with E-state index in [1.165, 1.54) is 37.7 Å². The van der Waals surface area contributed by atoms with Crippen LogP contribution < -0.4 is 14.8 Å². The normalized spacial score (nSPS) is 20.9. The molecule has 1 N–H and O–H groups in total. The summed E-state index contributed by atoms with van der Waals surface area (Å²) in [4.78, 5) is 0. The second-order valence-corrected chi connectivity index (χ2v) is 5.63. The molecule has 1 aromatic rings. The summed E-state index contributed by atoms with van der Waals surface area (Å²) >= 11 is 0. The Morgan fingerprint density at radius 1 is 1.17 bits per heavy atom. The van der Waals surface area contributed by atoms with Crippen LogP contribution in [-0.4, -0.2) is 12.3 Å². The summed E-state index contributed by atoms with van der Waals surface area (Å²) in [6, 6.07) is 6.12. The van der Waals surface area contributed by atoms with Crippen molar-refractivity contribution in [2.75, 3.05) is 6.79 Å². The molecular formula is C15H21NO2. The van der Waals surface area contributed by atoms with Crippen molar-refractivity contribution < 1.29 is 9.47 Å². The van der Waals surface area contributed by atoms with Crippen molar-refractivity contribution in [3.8, 4) is 11.5 Å². The van der Waals surface area contributed by atoms with Gasteiger partial charge in [-0.1, -0.05) is 31.4 Å². The zero-order chi connectivity index (χ0) is 12.4. The van der Waals surface area contributed by atoms with E-state index in [0.717, 1.165) is 18.0 Å². The molecule has 1 aliphatic carbocycles. The molecule has 0 amide bonds. The van der Waals surface area contributed by atoms with E-state index in [2.05, 4.69) is 18.3 Å². The summed E-state index contributed by atoms with van der Waals surface area (Å²) in [6.45, 7) is 3.55. The molecule has 1 saturated carbocycles. The van der Waals surface area contributed by atoms with E-state index in [-0.39, 0.29) is 0 Å². The van der Waals surface area contributed by atoms with Gasteiger partial charge in [-0.3, -0.25) is 0 Å². The van der Waals surface area contributed by atoms with Crippen LogP contribution in [0.25, 0.3) is 0 Å². The maximum absolute atomic E-state index is 5.54. The fourth-order valence-electron chi connectivity index (χ4n) is 2.95. The quantitative estimate of drug-likeness (QED) is 0.889. The third kappa shape index (κ3) is 2.32. The topological polar surface area (TPSA) is 30.5 Å². The molecule has 1 aliphatic heterocycles. The van der Waals surface area contributed by atoms with E-state index < -0.39 is 0 Å². The summed E-state index contributed by atoms with van der Waals surface area (Å²) in [7, 11) is 0. The van der Waals surface area contributed by atoms with Gasteiger partial charge < -0.3 is 14.8 Å². The highest BCUT2D eigenvalue weighted by atomic mass is 16.7. The summed E-state index contributed by atoms with van der Waals surface area (Å²) in [5, 5.41) is 3.71. The van der Waals surface area contributed by atoms with Crippen molar-refractivity contribution in [1.82, 2.24) is 5.32 Å². The van der Waals surface area contributed by atoms with Gasteiger partial charge >= 0.3 is 0 Å². The predicted molar refractivity (Wildman–Crippen MR) is 70.9 cm³/mol. The van der Waals surface area contributed by atoms with E-state index in [0.29, 0.717) is 12.3 Å². The zero-order valence-corrected chi connectivity index (χ0v) is 11.0. The van der Waals surface area contributed by atoms with Gasteiger partial charge in [-0.2, -0.15) is 0 Å². The number of rotatable bonds is 3. The monoisotopic (exact) mass is 247 g/mol. The number of fused-ring (bicyclic) bond motifs is 1. The van der Waals surface area contributed by atoms with Crippen molar-refractivity contribution in [1.29, 1.82) is 0 Å². The van der Waals surface area contributed by atoms with Crippen LogP contribution in [0.5, 0.6) is 11.5 Å². The Balaban J connectivity index is 1.68. The molecule has 18 heavy (non-hydrogen) atoms. The number of benzene rings is 1. The first-order valence-electron chi connectivity index (χ1n) is 6.89. The summed E-state index contributed by atoms with van der Waals surface area (Å²) < 4.78 is 10.9. The van der Waals surface area contributed by atoms with E-state index in [1.807, 2.05) is 12.1 Å². The first-order valence-corrected chi connectivity index (χ1v) is 6.89. The Hall–Kier alpha value is -1.22. The van der Waals surface area contributed by atoms with Crippen molar-refractivity contribution in [3.63, 3.8) is 0 Å². The Kier molecular flexibility index (Phi) is 3.16. The largest absolute Gasteiger partial charge is 0.454 e. The highest BCUT2D eigenvalue weighted by Crippen LogP contribution is 2.36. The summed E-state index contributed by atoms with van der Waals surface area (Å²) in [5.74, 6) is 1.80. The Bertz CT molecular complexity index is 425. The maximum atomic E-state index is 5.54. The van der Waals surface area contributed by atoms with Crippen LogP contribution in [-0.2, 0) is 6.54 Å². The van der Waals surface area contributed by atoms with E-state index in [1.54, 1.807) is 0 Å². The minimum atomic E-state index is 0.292. The smallest absolute Gasteiger partial charge is 0.231 e. The lowest BCUT2D eigenvalue weighted by atomic mass is 9.83. The first kappa shape index (κ1) is 11.8. The van der Waals surface area contributed by atoms with Crippen LogP contribution in [0.4, 0.5) is 0 Å². The van der Waals surface area contributed by atoms with Crippen LogP contribution in [0.15, 0.2) is 18.2 Å². The van der Waals surface area contributed by atoms with Gasteiger partial charge in [0, 0.05) is 17.6 Å². The van der Waals surface area contributed by atoms with Crippen molar-refractivity contribution in [2.45, 2.75) is 51.1 Å². The molecule has 0 radical (unpaired) electrons. The SMILES string of the molecule is CC1(NCc2cccc3c2OCO3)CCCCC1. The molecule has 3 heteroatoms. The van der Waals surface area contributed by atoms with Gasteiger partial charge in [0.2, 0.25) is 6.79 Å². The van der Waals surface area contributed by atoms with Gasteiger partial charge in [-0.05, 0) is 25.8 Å². The molecule has 3 nitrogen and oxygen atoms in total. The van der Waals surface area contributed by atoms with E-state index >= 15 is 0 Å². The molecule has 0 spiro atoms. The number of nitrogens with one attached hydrogen (secondary N) is 1. The van der Waals surface area contributed by atoms with Gasteiger partial charge in [-0.15, -0.1) is 0 Å². The van der Waals surface area contributed by atoms with Crippen molar-refractivity contribution in [3.05, 3.63) is 23.8 Å². The third-order valence-electron chi connectivity index (χ3n) is 4.14. The fourth-order valence-corrected chi connectivity index (χ4v) is 2.95. The minimum absolute atomic E-state index is 0.292. The van der Waals surface area contributed by atoms with Gasteiger partial charge in [0.1, 0.15) is 0 Å². The molecule has 0 aromatic heterocycles. The molecule has 98 valence electrons. The average Bonchev–Trinajstić information content (AvgIpc) is 2.86. The molecule has 0 unspecified atom stereocenters. The molecule has 0 saturated heterocycles. The molecule has 1 aromatic carbocycles. The van der Waals surface area contributed by atoms with Gasteiger partial charge in [0.25, 0.3) is 0 Å². The number of ether oxygens (including phenoxy) is 2. The van der Waals surface area contributed by atoms with E-state index in [4.69, 9.17) is 9.47 Å². The lowest BCUT2D eigenvalue weighted by Crippen LogP contribution is -2.43. The predicted octanol–water partition coefficient (Wildman–Crippen LogP) is 3.23. The average molecular weight is 247 g/mol. The van der Waals surface area contributed by atoms with Gasteiger partial charge in [0.05, 0.1) is 0 Å². The molecule has 0 atom stereocenters. The van der Waals surface area contributed by atoms with Crippen LogP contribution >= 0.6 is 0 Å². The summed E-state index contributed by atoms with van der Waals surface area (Å²) in [6.07, 6.45) is 6.62. The fraction of sp³-hybridized carbons (Fsp3) is 0.600. The number of hydrogen-bond donors (Lipinski definition) is 1. The van der Waals surface area contributed by atoms with Crippen LogP contribution in [0.3, 0.4) is 0 Å². The molecule has 1 fully saturated rings. The second-order valence-electron chi connectivity index (χ2n) is 5.63. The van der Waals surface area contributed by atoms with Crippen LogP contribution in [0.1, 0.15) is 44.6 Å². The molecule has 1 heterocycles. The second kappa shape index (κ2) is 4.81. The summed E-state index contributed by atoms with van der Waals surface area (Å²) in [5.41, 5.74) is 1.50. The standard InChI is InChI=1S/C15H21NO2/c1-15(8-3-2-4-9-15)16-10-12-6-5-7-13-14(12)18-11-17-13/h5-7,16H,2-4,8-11H2,1H3. The highest BCUT2D eigenvalue weighted by Gasteiger charge is 2.26. The molecule has 0 bridgehead atoms. The number of para-hydroxylation sites is 1. The van der Waals surface area contributed by atoms with Crippen molar-refractivity contribution >= 4 is 0 Å². The maximum Gasteiger partial charge on any atom is 0.231 e. The van der Waals surface area contributed by atoms with Gasteiger partial charge in [0.15, 0.2) is 11.5 Å². The molecule has 3 rings (SSSR count). The lowest BCUT2D eigenvalue weighted by Gasteiger charge is -2.35. The van der Waals surface area contributed by atoms with E-state index in [9.17, 15) is 0 Å². The Morgan fingerprint density at radius 2 is 2.00 bits per heavy atom. The molecule has 2 aliphatic rings. The van der Waals surface area contributed by atoms with Gasteiger partial charge in [-0.25, -0.2) is 0 Å². The number of hydrogen-bond acceptors (Lipinski definition) is 3. The first-order chi connectivity index (χ1) is 8.77. The Morgan fingerprint density at radius 3 is 2.83 bits per heavy atom. The zero-order valence-electron chi connectivity index (χ0n) is 11.0. The van der Waals surface area contributed by atoms with Crippen LogP contribution in [0.2, 0.25) is 0 Å². The third-order valence-corrected chi connectivity index (χ3v) is 4.14. The minimum Gasteiger partial charge on any atom is -0.454 e. The van der Waals surface area contributed by atoms with Crippen LogP contribution in [0, 0.1) is 0 Å². The Labute approximate surface area is 108 Å². The molecular weight excluding hydrogens is 226 g/mol.